The van der Waals surface area contributed by atoms with Crippen molar-refractivity contribution in [2.24, 2.45) is 5.73 Å². The molecular formula is C16H14BrNO4. The standard InChI is InChI=1S/C16H14BrNO4/c17-12-5-3-4-11(8-12)9-21-14-7-2-1-6-13(14)16(20)22-10-15(18)19/h1-8H,9-10H2,(H2,18,19). The normalized spacial score (nSPS) is 10.0. The molecule has 0 bridgehead atoms. The Labute approximate surface area is 136 Å². The third kappa shape index (κ3) is 4.60. The minimum absolute atomic E-state index is 0.249. The number of esters is 1. The molecule has 0 fully saturated rings. The van der Waals surface area contributed by atoms with E-state index in [1.807, 2.05) is 24.3 Å². The number of nitrogens with two attached hydrogens (primary N) is 1. The molecule has 2 rings (SSSR count). The monoisotopic (exact) mass is 363 g/mol. The second-order valence-corrected chi connectivity index (χ2v) is 5.37. The summed E-state index contributed by atoms with van der Waals surface area (Å²) in [5, 5.41) is 0. The van der Waals surface area contributed by atoms with Crippen LogP contribution in [-0.4, -0.2) is 18.5 Å². The van der Waals surface area contributed by atoms with E-state index in [-0.39, 0.29) is 5.56 Å². The summed E-state index contributed by atoms with van der Waals surface area (Å²) in [7, 11) is 0. The summed E-state index contributed by atoms with van der Waals surface area (Å²) in [6.07, 6.45) is 0. The van der Waals surface area contributed by atoms with Gasteiger partial charge in [-0.3, -0.25) is 4.79 Å². The lowest BCUT2D eigenvalue weighted by molar-refractivity contribution is -0.121. The van der Waals surface area contributed by atoms with Crippen LogP contribution in [0.3, 0.4) is 0 Å². The third-order valence-electron chi connectivity index (χ3n) is 2.74. The number of para-hydroxylation sites is 1. The van der Waals surface area contributed by atoms with Gasteiger partial charge in [0.15, 0.2) is 6.61 Å². The Morgan fingerprint density at radius 3 is 2.59 bits per heavy atom. The van der Waals surface area contributed by atoms with Gasteiger partial charge in [0.25, 0.3) is 5.91 Å². The van der Waals surface area contributed by atoms with Gasteiger partial charge in [-0.05, 0) is 29.8 Å². The third-order valence-corrected chi connectivity index (χ3v) is 3.23. The number of benzene rings is 2. The molecule has 0 aliphatic rings. The molecule has 114 valence electrons. The van der Waals surface area contributed by atoms with E-state index >= 15 is 0 Å². The first-order chi connectivity index (χ1) is 10.6. The maximum absolute atomic E-state index is 11.9. The van der Waals surface area contributed by atoms with Crippen LogP contribution in [-0.2, 0) is 16.1 Å². The molecule has 2 N–H and O–H groups in total. The SMILES string of the molecule is NC(=O)COC(=O)c1ccccc1OCc1cccc(Br)c1. The largest absolute Gasteiger partial charge is 0.488 e. The Kier molecular flexibility index (Phi) is 5.55. The van der Waals surface area contributed by atoms with Crippen LogP contribution in [0.15, 0.2) is 53.0 Å². The molecule has 1 amide bonds. The number of rotatable bonds is 6. The van der Waals surface area contributed by atoms with Gasteiger partial charge in [0.2, 0.25) is 0 Å². The molecule has 0 saturated heterocycles. The quantitative estimate of drug-likeness (QED) is 0.800. The number of amides is 1. The van der Waals surface area contributed by atoms with Crippen LogP contribution in [0.4, 0.5) is 0 Å². The zero-order valence-electron chi connectivity index (χ0n) is 11.6. The maximum atomic E-state index is 11.9. The number of carbonyl (C=O) groups excluding carboxylic acids is 2. The molecule has 5 nitrogen and oxygen atoms in total. The lowest BCUT2D eigenvalue weighted by Gasteiger charge is -2.11. The lowest BCUT2D eigenvalue weighted by Crippen LogP contribution is -2.21. The molecule has 0 aliphatic heterocycles. The van der Waals surface area contributed by atoms with Crippen LogP contribution < -0.4 is 10.5 Å². The molecule has 0 heterocycles. The average molecular weight is 364 g/mol. The van der Waals surface area contributed by atoms with Crippen LogP contribution >= 0.6 is 15.9 Å². The smallest absolute Gasteiger partial charge is 0.342 e. The van der Waals surface area contributed by atoms with Gasteiger partial charge in [-0.25, -0.2) is 4.79 Å². The van der Waals surface area contributed by atoms with Crippen LogP contribution in [0, 0.1) is 0 Å². The first kappa shape index (κ1) is 16.0. The first-order valence-electron chi connectivity index (χ1n) is 6.48. The zero-order valence-corrected chi connectivity index (χ0v) is 13.2. The Bertz CT molecular complexity index is 687. The van der Waals surface area contributed by atoms with Crippen molar-refractivity contribution in [3.8, 4) is 5.75 Å². The minimum atomic E-state index is -0.708. The first-order valence-corrected chi connectivity index (χ1v) is 7.27. The second kappa shape index (κ2) is 7.61. The van der Waals surface area contributed by atoms with Crippen LogP contribution in [0.1, 0.15) is 15.9 Å². The van der Waals surface area contributed by atoms with Crippen molar-refractivity contribution in [2.75, 3.05) is 6.61 Å². The van der Waals surface area contributed by atoms with Crippen molar-refractivity contribution in [3.05, 3.63) is 64.1 Å². The van der Waals surface area contributed by atoms with E-state index in [2.05, 4.69) is 15.9 Å². The van der Waals surface area contributed by atoms with Gasteiger partial charge in [0, 0.05) is 4.47 Å². The fourth-order valence-corrected chi connectivity index (χ4v) is 2.21. The minimum Gasteiger partial charge on any atom is -0.488 e. The highest BCUT2D eigenvalue weighted by Crippen LogP contribution is 2.21. The summed E-state index contributed by atoms with van der Waals surface area (Å²) in [4.78, 5) is 22.6. The molecule has 2 aromatic rings. The molecule has 0 aliphatic carbocycles. The van der Waals surface area contributed by atoms with Gasteiger partial charge in [-0.2, -0.15) is 0 Å². The number of hydrogen-bond acceptors (Lipinski definition) is 4. The lowest BCUT2D eigenvalue weighted by atomic mass is 10.2. The average Bonchev–Trinajstić information content (AvgIpc) is 2.51. The Balaban J connectivity index is 2.08. The molecule has 0 radical (unpaired) electrons. The van der Waals surface area contributed by atoms with Crippen molar-refractivity contribution in [1.29, 1.82) is 0 Å². The van der Waals surface area contributed by atoms with Gasteiger partial charge >= 0.3 is 5.97 Å². The van der Waals surface area contributed by atoms with E-state index in [0.717, 1.165) is 10.0 Å². The van der Waals surface area contributed by atoms with E-state index in [1.54, 1.807) is 24.3 Å². The summed E-state index contributed by atoms with van der Waals surface area (Å²) in [6.45, 7) is -0.154. The summed E-state index contributed by atoms with van der Waals surface area (Å²) in [5.41, 5.74) is 6.16. The Hall–Kier alpha value is -2.34. The van der Waals surface area contributed by atoms with E-state index in [1.165, 1.54) is 0 Å². The van der Waals surface area contributed by atoms with E-state index in [4.69, 9.17) is 15.2 Å². The number of halogens is 1. The van der Waals surface area contributed by atoms with Crippen molar-refractivity contribution in [1.82, 2.24) is 0 Å². The zero-order chi connectivity index (χ0) is 15.9. The van der Waals surface area contributed by atoms with Crippen molar-refractivity contribution >= 4 is 27.8 Å². The van der Waals surface area contributed by atoms with Crippen molar-refractivity contribution in [3.63, 3.8) is 0 Å². The Morgan fingerprint density at radius 2 is 1.86 bits per heavy atom. The fourth-order valence-electron chi connectivity index (χ4n) is 1.76. The number of hydrogen-bond donors (Lipinski definition) is 1. The van der Waals surface area contributed by atoms with Gasteiger partial charge < -0.3 is 15.2 Å². The molecule has 0 aromatic heterocycles. The topological polar surface area (TPSA) is 78.6 Å². The summed E-state index contributed by atoms with van der Waals surface area (Å²) in [5.74, 6) is -0.971. The summed E-state index contributed by atoms with van der Waals surface area (Å²) >= 11 is 3.39. The highest BCUT2D eigenvalue weighted by molar-refractivity contribution is 9.10. The molecule has 0 spiro atoms. The van der Waals surface area contributed by atoms with Gasteiger partial charge in [0.1, 0.15) is 17.9 Å². The molecule has 0 saturated carbocycles. The van der Waals surface area contributed by atoms with Crippen LogP contribution in [0.25, 0.3) is 0 Å². The summed E-state index contributed by atoms with van der Waals surface area (Å²) in [6, 6.07) is 14.3. The van der Waals surface area contributed by atoms with Crippen LogP contribution in [0.5, 0.6) is 5.75 Å². The highest BCUT2D eigenvalue weighted by Gasteiger charge is 2.14. The van der Waals surface area contributed by atoms with E-state index in [9.17, 15) is 9.59 Å². The molecule has 22 heavy (non-hydrogen) atoms. The number of ether oxygens (including phenoxy) is 2. The fraction of sp³-hybridized carbons (Fsp3) is 0.125. The van der Waals surface area contributed by atoms with E-state index < -0.39 is 18.5 Å². The van der Waals surface area contributed by atoms with Gasteiger partial charge in [0.05, 0.1) is 0 Å². The molecule has 0 atom stereocenters. The number of primary amides is 1. The van der Waals surface area contributed by atoms with Crippen LogP contribution in [0.2, 0.25) is 0 Å². The van der Waals surface area contributed by atoms with Gasteiger partial charge in [-0.15, -0.1) is 0 Å². The Morgan fingerprint density at radius 1 is 1.09 bits per heavy atom. The maximum Gasteiger partial charge on any atom is 0.342 e. The molecule has 0 unspecified atom stereocenters. The van der Waals surface area contributed by atoms with Crippen molar-refractivity contribution < 1.29 is 19.1 Å². The summed E-state index contributed by atoms with van der Waals surface area (Å²) < 4.78 is 11.4. The molecule has 6 heteroatoms. The second-order valence-electron chi connectivity index (χ2n) is 4.46. The predicted molar refractivity (Wildman–Crippen MR) is 84.4 cm³/mol. The van der Waals surface area contributed by atoms with E-state index in [0.29, 0.717) is 12.4 Å². The van der Waals surface area contributed by atoms with Crippen molar-refractivity contribution in [2.45, 2.75) is 6.61 Å². The van der Waals surface area contributed by atoms with Gasteiger partial charge in [-0.1, -0.05) is 40.2 Å². The molecule has 2 aromatic carbocycles. The number of carbonyl (C=O) groups is 2. The predicted octanol–water partition coefficient (Wildman–Crippen LogP) is 2.67. The highest BCUT2D eigenvalue weighted by atomic mass is 79.9. The molecular weight excluding hydrogens is 350 g/mol.